The highest BCUT2D eigenvalue weighted by atomic mass is 16.2. The average molecular weight is 376 g/mol. The van der Waals surface area contributed by atoms with Crippen molar-refractivity contribution in [3.8, 4) is 0 Å². The monoisotopic (exact) mass is 376 g/mol. The summed E-state index contributed by atoms with van der Waals surface area (Å²) >= 11 is 0. The predicted molar refractivity (Wildman–Crippen MR) is 104 cm³/mol. The molecule has 8 nitrogen and oxygen atoms in total. The number of Topliss-reactive ketones (excluding diaryl/α,β-unsaturated/α-hetero) is 1. The van der Waals surface area contributed by atoms with Gasteiger partial charge in [-0.2, -0.15) is 0 Å². The molecule has 0 atom stereocenters. The first-order valence-corrected chi connectivity index (χ1v) is 8.54. The minimum absolute atomic E-state index is 0.0117. The molecule has 1 aliphatic carbocycles. The molecular weight excluding hydrogens is 360 g/mol. The fourth-order valence-electron chi connectivity index (χ4n) is 3.40. The summed E-state index contributed by atoms with van der Waals surface area (Å²) in [4.78, 5) is 55.2. The standard InChI is InChI=1S/C20H16N4O4/c1-10-14-15(16-18(21-10)23(2)20(28)24(3)19(16)27)13(25)9-12(17(14)26)22-11-7-5-4-6-8-11/h4-9,22H,1-3H3. The quantitative estimate of drug-likeness (QED) is 0.723. The van der Waals surface area contributed by atoms with Crippen LogP contribution in [0.1, 0.15) is 26.4 Å². The molecule has 0 radical (unpaired) electrons. The van der Waals surface area contributed by atoms with Gasteiger partial charge in [-0.15, -0.1) is 0 Å². The minimum atomic E-state index is -0.657. The topological polar surface area (TPSA) is 103 Å². The maximum atomic E-state index is 13.1. The second kappa shape index (κ2) is 6.12. The molecule has 2 heterocycles. The number of nitrogens with one attached hydrogen (secondary N) is 1. The number of para-hydroxylation sites is 1. The molecule has 0 saturated heterocycles. The molecule has 0 bridgehead atoms. The summed E-state index contributed by atoms with van der Waals surface area (Å²) < 4.78 is 2.10. The van der Waals surface area contributed by atoms with Crippen molar-refractivity contribution in [2.24, 2.45) is 14.1 Å². The summed E-state index contributed by atoms with van der Waals surface area (Å²) in [6, 6.07) is 8.98. The van der Waals surface area contributed by atoms with Gasteiger partial charge in [-0.3, -0.25) is 23.5 Å². The third kappa shape index (κ3) is 2.42. The van der Waals surface area contributed by atoms with Crippen molar-refractivity contribution in [1.82, 2.24) is 14.1 Å². The van der Waals surface area contributed by atoms with Gasteiger partial charge in [0.25, 0.3) is 5.56 Å². The second-order valence-corrected chi connectivity index (χ2v) is 6.59. The second-order valence-electron chi connectivity index (χ2n) is 6.59. The van der Waals surface area contributed by atoms with Crippen LogP contribution >= 0.6 is 0 Å². The number of aromatic nitrogens is 3. The first kappa shape index (κ1) is 17.6. The number of hydrogen-bond donors (Lipinski definition) is 1. The maximum absolute atomic E-state index is 13.1. The largest absolute Gasteiger partial charge is 0.352 e. The molecule has 1 N–H and O–H groups in total. The van der Waals surface area contributed by atoms with Crippen molar-refractivity contribution < 1.29 is 9.59 Å². The molecule has 1 aromatic carbocycles. The molecule has 28 heavy (non-hydrogen) atoms. The van der Waals surface area contributed by atoms with E-state index >= 15 is 0 Å². The Bertz CT molecular complexity index is 1330. The van der Waals surface area contributed by atoms with Gasteiger partial charge in [0.15, 0.2) is 5.78 Å². The summed E-state index contributed by atoms with van der Waals surface area (Å²) in [7, 11) is 2.79. The van der Waals surface area contributed by atoms with Crippen molar-refractivity contribution >= 4 is 28.3 Å². The molecule has 0 spiro atoms. The molecule has 0 saturated carbocycles. The summed E-state index contributed by atoms with van der Waals surface area (Å²) in [5.41, 5.74) is -0.0196. The Morgan fingerprint density at radius 2 is 1.61 bits per heavy atom. The summed E-state index contributed by atoms with van der Waals surface area (Å²) in [6.07, 6.45) is 1.18. The van der Waals surface area contributed by atoms with Gasteiger partial charge < -0.3 is 5.32 Å². The number of nitrogens with zero attached hydrogens (tertiary/aromatic N) is 3. The molecule has 0 amide bonds. The molecular formula is C20H16N4O4. The van der Waals surface area contributed by atoms with Crippen molar-refractivity contribution in [2.45, 2.75) is 6.92 Å². The Morgan fingerprint density at radius 1 is 0.929 bits per heavy atom. The molecule has 8 heteroatoms. The van der Waals surface area contributed by atoms with E-state index in [1.807, 2.05) is 6.07 Å². The fraction of sp³-hybridized carbons (Fsp3) is 0.150. The number of pyridine rings is 1. The number of benzene rings is 1. The zero-order valence-electron chi connectivity index (χ0n) is 15.4. The summed E-state index contributed by atoms with van der Waals surface area (Å²) in [5.74, 6) is -0.916. The lowest BCUT2D eigenvalue weighted by molar-refractivity contribution is 0.0985. The zero-order valence-corrected chi connectivity index (χ0v) is 15.4. The number of rotatable bonds is 2. The molecule has 0 fully saturated rings. The number of hydrogen-bond acceptors (Lipinski definition) is 6. The van der Waals surface area contributed by atoms with Crippen LogP contribution < -0.4 is 16.6 Å². The molecule has 1 aliphatic rings. The van der Waals surface area contributed by atoms with Crippen LogP contribution in [-0.2, 0) is 14.1 Å². The van der Waals surface area contributed by atoms with Crippen LogP contribution in [0.25, 0.3) is 11.0 Å². The predicted octanol–water partition coefficient (Wildman–Crippen LogP) is 1.32. The van der Waals surface area contributed by atoms with Crippen LogP contribution in [0.15, 0.2) is 51.7 Å². The van der Waals surface area contributed by atoms with Crippen LogP contribution in [0.4, 0.5) is 5.69 Å². The molecule has 4 rings (SSSR count). The highest BCUT2D eigenvalue weighted by Crippen LogP contribution is 2.28. The van der Waals surface area contributed by atoms with Gasteiger partial charge in [0.05, 0.1) is 27.9 Å². The van der Waals surface area contributed by atoms with Crippen LogP contribution in [-0.4, -0.2) is 25.7 Å². The summed E-state index contributed by atoms with van der Waals surface area (Å²) in [5, 5.41) is 2.92. The lowest BCUT2D eigenvalue weighted by Gasteiger charge is -2.20. The molecule has 140 valence electrons. The van der Waals surface area contributed by atoms with Crippen LogP contribution in [0.5, 0.6) is 0 Å². The molecule has 0 aliphatic heterocycles. The Morgan fingerprint density at radius 3 is 2.29 bits per heavy atom. The third-order valence-electron chi connectivity index (χ3n) is 4.82. The van der Waals surface area contributed by atoms with Crippen molar-refractivity contribution in [3.63, 3.8) is 0 Å². The Balaban J connectivity index is 2.00. The van der Waals surface area contributed by atoms with Gasteiger partial charge in [-0.1, -0.05) is 18.2 Å². The number of carbonyl (C=O) groups excluding carboxylic acids is 2. The van der Waals surface area contributed by atoms with Gasteiger partial charge in [0.2, 0.25) is 5.78 Å². The first-order valence-electron chi connectivity index (χ1n) is 8.54. The smallest absolute Gasteiger partial charge is 0.332 e. The Labute approximate surface area is 158 Å². The van der Waals surface area contributed by atoms with E-state index in [9.17, 15) is 19.2 Å². The lowest BCUT2D eigenvalue weighted by atomic mass is 9.89. The number of anilines is 1. The van der Waals surface area contributed by atoms with Gasteiger partial charge >= 0.3 is 5.69 Å². The Hall–Kier alpha value is -3.81. The van der Waals surface area contributed by atoms with E-state index in [0.29, 0.717) is 5.69 Å². The Kier molecular flexibility index (Phi) is 3.85. The van der Waals surface area contributed by atoms with E-state index in [2.05, 4.69) is 10.3 Å². The molecule has 3 aromatic rings. The van der Waals surface area contributed by atoms with Crippen molar-refractivity contribution in [2.75, 3.05) is 5.32 Å². The van der Waals surface area contributed by atoms with E-state index in [4.69, 9.17) is 0 Å². The third-order valence-corrected chi connectivity index (χ3v) is 4.82. The number of ketones is 2. The lowest BCUT2D eigenvalue weighted by Crippen LogP contribution is -2.39. The number of aryl methyl sites for hydroxylation is 2. The SMILES string of the molecule is Cc1nc2c(c3c1C(=O)C(Nc1ccccc1)=CC3=O)c(=O)n(C)c(=O)n2C. The number of fused-ring (bicyclic) bond motifs is 3. The van der Waals surface area contributed by atoms with Gasteiger partial charge in [-0.25, -0.2) is 9.78 Å². The van der Waals surface area contributed by atoms with Gasteiger partial charge in [0.1, 0.15) is 5.65 Å². The highest BCUT2D eigenvalue weighted by molar-refractivity contribution is 6.29. The molecule has 2 aromatic heterocycles. The average Bonchev–Trinajstić information content (AvgIpc) is 2.68. The number of allylic oxidation sites excluding steroid dienone is 2. The van der Waals surface area contributed by atoms with Crippen molar-refractivity contribution in [1.29, 1.82) is 0 Å². The van der Waals surface area contributed by atoms with E-state index in [1.165, 1.54) is 24.7 Å². The minimum Gasteiger partial charge on any atom is -0.352 e. The highest BCUT2D eigenvalue weighted by Gasteiger charge is 2.32. The first-order chi connectivity index (χ1) is 13.3. The van der Waals surface area contributed by atoms with E-state index in [1.54, 1.807) is 31.2 Å². The fourth-order valence-corrected chi connectivity index (χ4v) is 3.40. The number of carbonyl (C=O) groups is 2. The van der Waals surface area contributed by atoms with Gasteiger partial charge in [0, 0.05) is 25.9 Å². The summed E-state index contributed by atoms with van der Waals surface area (Å²) in [6.45, 7) is 1.58. The van der Waals surface area contributed by atoms with Crippen LogP contribution in [0, 0.1) is 6.92 Å². The van der Waals surface area contributed by atoms with E-state index in [-0.39, 0.29) is 33.6 Å². The van der Waals surface area contributed by atoms with Crippen molar-refractivity contribution in [3.05, 3.63) is 79.8 Å². The zero-order chi connectivity index (χ0) is 20.2. The van der Waals surface area contributed by atoms with Crippen LogP contribution in [0.2, 0.25) is 0 Å². The van der Waals surface area contributed by atoms with Crippen LogP contribution in [0.3, 0.4) is 0 Å². The maximum Gasteiger partial charge on any atom is 0.332 e. The van der Waals surface area contributed by atoms with Gasteiger partial charge in [-0.05, 0) is 19.1 Å². The van der Waals surface area contributed by atoms with E-state index in [0.717, 1.165) is 4.57 Å². The normalized spacial score (nSPS) is 13.5. The molecule has 0 unspecified atom stereocenters. The van der Waals surface area contributed by atoms with E-state index < -0.39 is 22.8 Å².